The largest absolute Gasteiger partial charge is 0.347 e. The van der Waals surface area contributed by atoms with Crippen LogP contribution in [0.1, 0.15) is 26.6 Å². The van der Waals surface area contributed by atoms with Crippen molar-refractivity contribution >= 4 is 17.8 Å². The molecule has 1 rings (SSSR count). The number of hydrogen-bond acceptors (Lipinski definition) is 4. The number of rotatable bonds is 3. The topological polar surface area (TPSA) is 99.8 Å². The van der Waals surface area contributed by atoms with Gasteiger partial charge in [0.05, 0.1) is 6.54 Å². The molecule has 0 aromatic carbocycles. The van der Waals surface area contributed by atoms with E-state index < -0.39 is 5.41 Å². The van der Waals surface area contributed by atoms with Crippen LogP contribution < -0.4 is 10.6 Å². The number of nitrogens with one attached hydrogen (secondary N) is 3. The fourth-order valence-corrected chi connectivity index (χ4v) is 0.993. The first-order chi connectivity index (χ1) is 7.79. The Balaban J connectivity index is 2.39. The van der Waals surface area contributed by atoms with Crippen molar-refractivity contribution in [2.45, 2.75) is 27.7 Å². The number of amides is 2. The molecule has 3 N–H and O–H groups in total. The van der Waals surface area contributed by atoms with Crippen LogP contribution >= 0.6 is 0 Å². The Labute approximate surface area is 99.4 Å². The first-order valence-electron chi connectivity index (χ1n) is 5.26. The lowest BCUT2D eigenvalue weighted by atomic mass is 9.96. The van der Waals surface area contributed by atoms with Gasteiger partial charge in [-0.15, -0.1) is 5.10 Å². The van der Waals surface area contributed by atoms with Gasteiger partial charge in [-0.05, 0) is 6.92 Å². The molecule has 7 nitrogen and oxygen atoms in total. The van der Waals surface area contributed by atoms with E-state index in [1.54, 1.807) is 27.7 Å². The van der Waals surface area contributed by atoms with E-state index in [9.17, 15) is 9.59 Å². The molecule has 0 spiro atoms. The van der Waals surface area contributed by atoms with Crippen LogP contribution in [0, 0.1) is 12.3 Å². The molecule has 0 aliphatic carbocycles. The van der Waals surface area contributed by atoms with Crippen molar-refractivity contribution in [3.63, 3.8) is 0 Å². The summed E-state index contributed by atoms with van der Waals surface area (Å²) >= 11 is 0. The number of anilines is 1. The molecule has 0 atom stereocenters. The maximum absolute atomic E-state index is 11.5. The normalized spacial score (nSPS) is 11.1. The summed E-state index contributed by atoms with van der Waals surface area (Å²) in [5, 5.41) is 11.3. The average Bonchev–Trinajstić information content (AvgIpc) is 2.58. The van der Waals surface area contributed by atoms with Gasteiger partial charge in [-0.1, -0.05) is 20.8 Å². The Kier molecular flexibility index (Phi) is 3.82. The molecule has 0 radical (unpaired) electrons. The van der Waals surface area contributed by atoms with E-state index in [1.165, 1.54) is 0 Å². The van der Waals surface area contributed by atoms with E-state index in [4.69, 9.17) is 0 Å². The van der Waals surface area contributed by atoms with Gasteiger partial charge in [-0.2, -0.15) is 4.98 Å². The van der Waals surface area contributed by atoms with Crippen LogP contribution in [0.25, 0.3) is 0 Å². The third-order valence-corrected chi connectivity index (χ3v) is 1.94. The Morgan fingerprint density at radius 3 is 2.47 bits per heavy atom. The van der Waals surface area contributed by atoms with E-state index in [2.05, 4.69) is 25.8 Å². The van der Waals surface area contributed by atoms with Crippen molar-refractivity contribution in [2.24, 2.45) is 5.41 Å². The summed E-state index contributed by atoms with van der Waals surface area (Å²) in [5.74, 6) is 0.275. The van der Waals surface area contributed by atoms with Crippen molar-refractivity contribution in [1.29, 1.82) is 0 Å². The second-order valence-electron chi connectivity index (χ2n) is 4.73. The monoisotopic (exact) mass is 239 g/mol. The van der Waals surface area contributed by atoms with Crippen LogP contribution in [0.3, 0.4) is 0 Å². The van der Waals surface area contributed by atoms with E-state index in [0.717, 1.165) is 0 Å². The summed E-state index contributed by atoms with van der Waals surface area (Å²) in [7, 11) is 0. The molecule has 1 aromatic heterocycles. The summed E-state index contributed by atoms with van der Waals surface area (Å²) in [6.45, 7) is 6.96. The summed E-state index contributed by atoms with van der Waals surface area (Å²) in [6.07, 6.45) is 0. The van der Waals surface area contributed by atoms with Crippen molar-refractivity contribution in [3.8, 4) is 0 Å². The van der Waals surface area contributed by atoms with E-state index in [0.29, 0.717) is 5.82 Å². The summed E-state index contributed by atoms with van der Waals surface area (Å²) in [6, 6.07) is 0. The Morgan fingerprint density at radius 2 is 2.00 bits per heavy atom. The predicted molar refractivity (Wildman–Crippen MR) is 62.2 cm³/mol. The first-order valence-corrected chi connectivity index (χ1v) is 5.26. The van der Waals surface area contributed by atoms with E-state index in [1.807, 2.05) is 0 Å². The second-order valence-corrected chi connectivity index (χ2v) is 4.73. The minimum atomic E-state index is -0.512. The van der Waals surface area contributed by atoms with Gasteiger partial charge in [-0.25, -0.2) is 0 Å². The molecular weight excluding hydrogens is 222 g/mol. The van der Waals surface area contributed by atoms with Gasteiger partial charge in [0.25, 0.3) is 0 Å². The lowest BCUT2D eigenvalue weighted by molar-refractivity contribution is -0.130. The summed E-state index contributed by atoms with van der Waals surface area (Å²) < 4.78 is 0. The standard InChI is InChI=1S/C10H17N5O2/c1-6-12-9(15-14-6)13-7(16)5-11-8(17)10(2,3)4/h5H2,1-4H3,(H,11,17)(H2,12,13,14,15,16). The molecule has 2 amide bonds. The highest BCUT2D eigenvalue weighted by Crippen LogP contribution is 2.11. The number of nitrogens with zero attached hydrogens (tertiary/aromatic N) is 2. The summed E-state index contributed by atoms with van der Waals surface area (Å²) in [5.41, 5.74) is -0.512. The molecule has 0 aliphatic rings. The third-order valence-electron chi connectivity index (χ3n) is 1.94. The maximum atomic E-state index is 11.5. The average molecular weight is 239 g/mol. The van der Waals surface area contributed by atoms with Crippen molar-refractivity contribution in [1.82, 2.24) is 20.5 Å². The van der Waals surface area contributed by atoms with Crippen LogP contribution in [0.2, 0.25) is 0 Å². The number of aryl methyl sites for hydroxylation is 1. The second kappa shape index (κ2) is 4.94. The molecule has 0 saturated carbocycles. The molecular formula is C10H17N5O2. The van der Waals surface area contributed by atoms with Crippen LogP contribution in [0.15, 0.2) is 0 Å². The molecule has 0 bridgehead atoms. The maximum Gasteiger partial charge on any atom is 0.248 e. The Morgan fingerprint density at radius 1 is 1.35 bits per heavy atom. The van der Waals surface area contributed by atoms with Gasteiger partial charge in [0.15, 0.2) is 0 Å². The quantitative estimate of drug-likeness (QED) is 0.702. The molecule has 1 aromatic rings. The highest BCUT2D eigenvalue weighted by Gasteiger charge is 2.21. The third kappa shape index (κ3) is 4.21. The molecule has 7 heteroatoms. The van der Waals surface area contributed by atoms with Crippen molar-refractivity contribution < 1.29 is 9.59 Å². The first kappa shape index (κ1) is 13.1. The van der Waals surface area contributed by atoms with Crippen LogP contribution in [0.4, 0.5) is 5.95 Å². The zero-order chi connectivity index (χ0) is 13.1. The molecule has 0 fully saturated rings. The minimum Gasteiger partial charge on any atom is -0.347 e. The van der Waals surface area contributed by atoms with E-state index in [-0.39, 0.29) is 24.3 Å². The number of aromatic nitrogens is 3. The van der Waals surface area contributed by atoms with Gasteiger partial charge in [0.1, 0.15) is 5.82 Å². The minimum absolute atomic E-state index is 0.0936. The molecule has 94 valence electrons. The van der Waals surface area contributed by atoms with Crippen LogP contribution in [0.5, 0.6) is 0 Å². The van der Waals surface area contributed by atoms with Gasteiger partial charge in [0, 0.05) is 5.41 Å². The predicted octanol–water partition coefficient (Wildman–Crippen LogP) is 0.214. The van der Waals surface area contributed by atoms with E-state index >= 15 is 0 Å². The van der Waals surface area contributed by atoms with Gasteiger partial charge >= 0.3 is 0 Å². The zero-order valence-corrected chi connectivity index (χ0v) is 10.4. The van der Waals surface area contributed by atoms with Gasteiger partial charge < -0.3 is 5.32 Å². The molecule has 0 aliphatic heterocycles. The number of carbonyl (C=O) groups excluding carboxylic acids is 2. The lowest BCUT2D eigenvalue weighted by Gasteiger charge is -2.16. The number of carbonyl (C=O) groups is 2. The fourth-order valence-electron chi connectivity index (χ4n) is 0.993. The van der Waals surface area contributed by atoms with Gasteiger partial charge in [0.2, 0.25) is 17.8 Å². The van der Waals surface area contributed by atoms with Gasteiger partial charge in [-0.3, -0.25) is 20.0 Å². The smallest absolute Gasteiger partial charge is 0.248 e. The molecule has 0 unspecified atom stereocenters. The van der Waals surface area contributed by atoms with Crippen LogP contribution in [-0.4, -0.2) is 33.5 Å². The summed E-state index contributed by atoms with van der Waals surface area (Å²) in [4.78, 5) is 26.8. The highest BCUT2D eigenvalue weighted by molar-refractivity contribution is 5.93. The highest BCUT2D eigenvalue weighted by atomic mass is 16.2. The fraction of sp³-hybridized carbons (Fsp3) is 0.600. The number of hydrogen-bond donors (Lipinski definition) is 3. The molecule has 0 saturated heterocycles. The molecule has 17 heavy (non-hydrogen) atoms. The number of H-pyrrole nitrogens is 1. The van der Waals surface area contributed by atoms with Crippen molar-refractivity contribution in [3.05, 3.63) is 5.82 Å². The Bertz CT molecular complexity index is 419. The molecule has 1 heterocycles. The number of aromatic amines is 1. The lowest BCUT2D eigenvalue weighted by Crippen LogP contribution is -2.39. The zero-order valence-electron chi connectivity index (χ0n) is 10.4. The van der Waals surface area contributed by atoms with Crippen molar-refractivity contribution in [2.75, 3.05) is 11.9 Å². The van der Waals surface area contributed by atoms with Crippen LogP contribution in [-0.2, 0) is 9.59 Å². The SMILES string of the molecule is Cc1nc(NC(=O)CNC(=O)C(C)(C)C)n[nH]1. The Hall–Kier alpha value is -1.92.